The van der Waals surface area contributed by atoms with E-state index in [0.29, 0.717) is 12.8 Å². The van der Waals surface area contributed by atoms with Gasteiger partial charge in [0.25, 0.3) is 0 Å². The van der Waals surface area contributed by atoms with Crippen molar-refractivity contribution in [2.24, 2.45) is 5.14 Å². The average molecular weight is 375 g/mol. The Balaban J connectivity index is 1.89. The van der Waals surface area contributed by atoms with Crippen molar-refractivity contribution in [3.63, 3.8) is 0 Å². The number of hydrogen-bond donors (Lipinski definition) is 2. The molecule has 0 aliphatic rings. The van der Waals surface area contributed by atoms with Gasteiger partial charge in [0, 0.05) is 30.9 Å². The Labute approximate surface area is 155 Å². The minimum Gasteiger partial charge on any atom is -0.372 e. The smallest absolute Gasteiger partial charge is 0.238 e. The Morgan fingerprint density at radius 3 is 2.08 bits per heavy atom. The normalized spacial score (nSPS) is 11.2. The molecule has 2 rings (SSSR count). The van der Waals surface area contributed by atoms with Crippen molar-refractivity contribution in [2.45, 2.75) is 31.6 Å². The molecule has 0 aliphatic carbocycles. The summed E-state index contributed by atoms with van der Waals surface area (Å²) in [5, 5.41) is 7.94. The molecule has 0 saturated heterocycles. The average Bonchev–Trinajstić information content (AvgIpc) is 2.62. The van der Waals surface area contributed by atoms with Gasteiger partial charge >= 0.3 is 0 Å². The number of carbonyl (C=O) groups is 1. The van der Waals surface area contributed by atoms with Gasteiger partial charge in [0.2, 0.25) is 15.9 Å². The van der Waals surface area contributed by atoms with Crippen LogP contribution in [0.25, 0.3) is 0 Å². The lowest BCUT2D eigenvalue weighted by molar-refractivity contribution is -0.116. The maximum Gasteiger partial charge on any atom is 0.238 e. The number of sulfonamides is 1. The summed E-state index contributed by atoms with van der Waals surface area (Å²) in [7, 11) is -3.69. The molecule has 1 amide bonds. The summed E-state index contributed by atoms with van der Waals surface area (Å²) in [6.45, 7) is 6.09. The topological polar surface area (TPSA) is 92.5 Å². The number of nitrogens with two attached hydrogens (primary N) is 1. The fourth-order valence-electron chi connectivity index (χ4n) is 2.67. The molecule has 2 aromatic rings. The van der Waals surface area contributed by atoms with Gasteiger partial charge in [0.1, 0.15) is 0 Å². The van der Waals surface area contributed by atoms with Crippen LogP contribution in [-0.4, -0.2) is 27.4 Å². The van der Waals surface area contributed by atoms with Crippen LogP contribution in [-0.2, 0) is 21.2 Å². The van der Waals surface area contributed by atoms with Gasteiger partial charge < -0.3 is 10.2 Å². The van der Waals surface area contributed by atoms with Gasteiger partial charge in [-0.1, -0.05) is 12.1 Å². The molecule has 0 aliphatic heterocycles. The van der Waals surface area contributed by atoms with Crippen molar-refractivity contribution in [1.29, 1.82) is 0 Å². The molecule has 0 saturated carbocycles. The van der Waals surface area contributed by atoms with Crippen LogP contribution in [0.15, 0.2) is 53.4 Å². The van der Waals surface area contributed by atoms with Crippen LogP contribution in [0.3, 0.4) is 0 Å². The van der Waals surface area contributed by atoms with Crippen LogP contribution < -0.4 is 15.4 Å². The van der Waals surface area contributed by atoms with Crippen LogP contribution in [0, 0.1) is 0 Å². The molecule has 0 heterocycles. The highest BCUT2D eigenvalue weighted by atomic mass is 32.2. The highest BCUT2D eigenvalue weighted by Crippen LogP contribution is 2.18. The predicted molar refractivity (Wildman–Crippen MR) is 105 cm³/mol. The molecule has 26 heavy (non-hydrogen) atoms. The lowest BCUT2D eigenvalue weighted by Gasteiger charge is -2.21. The molecule has 0 spiro atoms. The van der Waals surface area contributed by atoms with E-state index in [-0.39, 0.29) is 10.8 Å². The second-order valence-electron chi connectivity index (χ2n) is 5.96. The van der Waals surface area contributed by atoms with E-state index in [9.17, 15) is 13.2 Å². The molecular formula is C19H25N3O3S. The number of amides is 1. The number of anilines is 2. The first-order valence-corrected chi connectivity index (χ1v) is 10.1. The molecule has 3 N–H and O–H groups in total. The Bertz CT molecular complexity index is 827. The van der Waals surface area contributed by atoms with Gasteiger partial charge in [-0.3, -0.25) is 4.79 Å². The van der Waals surface area contributed by atoms with Crippen LogP contribution in [0.4, 0.5) is 11.4 Å². The summed E-state index contributed by atoms with van der Waals surface area (Å²) in [5.41, 5.74) is 2.77. The Hall–Kier alpha value is -2.38. The van der Waals surface area contributed by atoms with E-state index in [1.807, 2.05) is 24.3 Å². The van der Waals surface area contributed by atoms with Crippen LogP contribution in [0.2, 0.25) is 0 Å². The van der Waals surface area contributed by atoms with Gasteiger partial charge in [-0.2, -0.15) is 0 Å². The zero-order valence-electron chi connectivity index (χ0n) is 15.1. The van der Waals surface area contributed by atoms with Gasteiger partial charge in [0.05, 0.1) is 4.90 Å². The van der Waals surface area contributed by atoms with Gasteiger partial charge in [-0.05, 0) is 62.2 Å². The van der Waals surface area contributed by atoms with Crippen molar-refractivity contribution < 1.29 is 13.2 Å². The Kier molecular flexibility index (Phi) is 6.76. The highest BCUT2D eigenvalue weighted by molar-refractivity contribution is 7.89. The van der Waals surface area contributed by atoms with Crippen molar-refractivity contribution in [3.8, 4) is 0 Å². The van der Waals surface area contributed by atoms with Crippen LogP contribution in [0.5, 0.6) is 0 Å². The molecule has 2 aromatic carbocycles. The van der Waals surface area contributed by atoms with E-state index in [2.05, 4.69) is 24.1 Å². The number of primary sulfonamides is 1. The standard InChI is InChI=1S/C19H25N3O3S/c1-3-22(4-2)17-10-8-16(9-11-17)21-19(23)14-7-15-5-12-18(13-6-15)26(20,24)25/h5-6,8-13H,3-4,7,14H2,1-2H3,(H,21,23)(H2,20,24,25). The maximum atomic E-state index is 12.1. The molecule has 0 atom stereocenters. The molecule has 0 radical (unpaired) electrons. The summed E-state index contributed by atoms with van der Waals surface area (Å²) in [4.78, 5) is 14.4. The number of hydrogen-bond acceptors (Lipinski definition) is 4. The molecule has 7 heteroatoms. The lowest BCUT2D eigenvalue weighted by Crippen LogP contribution is -2.21. The number of benzene rings is 2. The first-order valence-electron chi connectivity index (χ1n) is 8.60. The van der Waals surface area contributed by atoms with Gasteiger partial charge in [-0.15, -0.1) is 0 Å². The fourth-order valence-corrected chi connectivity index (χ4v) is 3.19. The second-order valence-corrected chi connectivity index (χ2v) is 7.52. The molecule has 0 bridgehead atoms. The van der Waals surface area contributed by atoms with Crippen LogP contribution >= 0.6 is 0 Å². The van der Waals surface area contributed by atoms with Gasteiger partial charge in [0.15, 0.2) is 0 Å². The summed E-state index contributed by atoms with van der Waals surface area (Å²) in [6.07, 6.45) is 0.834. The first kappa shape index (κ1) is 19.9. The predicted octanol–water partition coefficient (Wildman–Crippen LogP) is 2.75. The molecular weight excluding hydrogens is 350 g/mol. The number of aryl methyl sites for hydroxylation is 1. The van der Waals surface area contributed by atoms with E-state index in [1.54, 1.807) is 12.1 Å². The van der Waals surface area contributed by atoms with Gasteiger partial charge in [-0.25, -0.2) is 13.6 Å². The van der Waals surface area contributed by atoms with E-state index in [1.165, 1.54) is 12.1 Å². The molecule has 6 nitrogen and oxygen atoms in total. The Morgan fingerprint density at radius 2 is 1.58 bits per heavy atom. The highest BCUT2D eigenvalue weighted by Gasteiger charge is 2.08. The maximum absolute atomic E-state index is 12.1. The first-order chi connectivity index (χ1) is 12.3. The zero-order valence-corrected chi connectivity index (χ0v) is 15.9. The minimum atomic E-state index is -3.69. The fraction of sp³-hybridized carbons (Fsp3) is 0.316. The third kappa shape index (κ3) is 5.57. The van der Waals surface area contributed by atoms with Crippen LogP contribution in [0.1, 0.15) is 25.8 Å². The monoisotopic (exact) mass is 375 g/mol. The molecule has 140 valence electrons. The Morgan fingerprint density at radius 1 is 1.00 bits per heavy atom. The SMILES string of the molecule is CCN(CC)c1ccc(NC(=O)CCc2ccc(S(N)(=O)=O)cc2)cc1. The molecule has 0 aromatic heterocycles. The quantitative estimate of drug-likeness (QED) is 0.742. The van der Waals surface area contributed by atoms with E-state index in [0.717, 1.165) is 30.0 Å². The summed E-state index contributed by atoms with van der Waals surface area (Å²) in [5.74, 6) is -0.0869. The largest absolute Gasteiger partial charge is 0.372 e. The minimum absolute atomic E-state index is 0.0685. The molecule has 0 fully saturated rings. The van der Waals surface area contributed by atoms with Crippen molar-refractivity contribution in [1.82, 2.24) is 0 Å². The summed E-state index contributed by atoms with van der Waals surface area (Å²) >= 11 is 0. The zero-order chi connectivity index (χ0) is 19.2. The van der Waals surface area contributed by atoms with E-state index < -0.39 is 10.0 Å². The number of carbonyl (C=O) groups excluding carboxylic acids is 1. The number of nitrogens with one attached hydrogen (secondary N) is 1. The second kappa shape index (κ2) is 8.82. The molecule has 0 unspecified atom stereocenters. The summed E-state index contributed by atoms with van der Waals surface area (Å²) in [6, 6.07) is 14.0. The van der Waals surface area contributed by atoms with Crippen molar-refractivity contribution >= 4 is 27.3 Å². The van der Waals surface area contributed by atoms with E-state index >= 15 is 0 Å². The number of rotatable bonds is 8. The van der Waals surface area contributed by atoms with Crippen molar-refractivity contribution in [2.75, 3.05) is 23.3 Å². The van der Waals surface area contributed by atoms with Crippen molar-refractivity contribution in [3.05, 3.63) is 54.1 Å². The summed E-state index contributed by atoms with van der Waals surface area (Å²) < 4.78 is 22.5. The lowest BCUT2D eigenvalue weighted by atomic mass is 10.1. The third-order valence-electron chi connectivity index (χ3n) is 4.17. The number of nitrogens with zero attached hydrogens (tertiary/aromatic N) is 1. The van der Waals surface area contributed by atoms with E-state index in [4.69, 9.17) is 5.14 Å². The third-order valence-corrected chi connectivity index (χ3v) is 5.10.